The normalized spacial score (nSPS) is 14.2. The van der Waals surface area contributed by atoms with E-state index >= 15 is 0 Å². The van der Waals surface area contributed by atoms with Crippen molar-refractivity contribution in [3.8, 4) is 11.8 Å². The molecule has 0 saturated heterocycles. The van der Waals surface area contributed by atoms with Crippen molar-refractivity contribution in [2.24, 2.45) is 0 Å². The maximum Gasteiger partial charge on any atom is 0.253 e. The number of nitrogens with zero attached hydrogens (tertiary/aromatic N) is 2. The molecule has 2 aliphatic heterocycles. The van der Waals surface area contributed by atoms with Gasteiger partial charge in [0.2, 0.25) is 5.91 Å². The smallest absolute Gasteiger partial charge is 0.253 e. The first-order chi connectivity index (χ1) is 15.5. The Balaban J connectivity index is 1.38. The van der Waals surface area contributed by atoms with E-state index in [0.29, 0.717) is 13.0 Å². The van der Waals surface area contributed by atoms with E-state index < -0.39 is 11.8 Å². The lowest BCUT2D eigenvalue weighted by Gasteiger charge is -2.26. The first kappa shape index (κ1) is 21.3. The maximum absolute atomic E-state index is 13.1. The largest absolute Gasteiger partial charge is 0.307 e. The first-order valence-corrected chi connectivity index (χ1v) is 10.6. The molecule has 0 atom stereocenters. The second-order valence-electron chi connectivity index (χ2n) is 7.71. The van der Waals surface area contributed by atoms with Crippen molar-refractivity contribution in [2.75, 3.05) is 11.4 Å². The van der Waals surface area contributed by atoms with Crippen LogP contribution in [0.2, 0.25) is 0 Å². The molecule has 0 N–H and O–H groups in total. The van der Waals surface area contributed by atoms with Crippen LogP contribution in [0.4, 0.5) is 5.69 Å². The van der Waals surface area contributed by atoms with Crippen LogP contribution in [0.25, 0.3) is 0 Å². The van der Waals surface area contributed by atoms with Gasteiger partial charge in [0.25, 0.3) is 11.8 Å². The molecule has 3 amide bonds. The van der Waals surface area contributed by atoms with Crippen LogP contribution in [0, 0.1) is 11.8 Å². The van der Waals surface area contributed by atoms with E-state index in [1.165, 1.54) is 12.2 Å². The molecule has 4 rings (SSSR count). The zero-order chi connectivity index (χ0) is 22.5. The zero-order valence-corrected chi connectivity index (χ0v) is 17.5. The second kappa shape index (κ2) is 9.44. The Labute approximate surface area is 186 Å². The Morgan fingerprint density at radius 3 is 2.25 bits per heavy atom. The number of Topliss-reactive ketones (excluding diaryl/α,β-unsaturated/α-hetero) is 1. The highest BCUT2D eigenvalue weighted by Gasteiger charge is 2.24. The van der Waals surface area contributed by atoms with Crippen molar-refractivity contribution < 1.29 is 19.2 Å². The first-order valence-electron chi connectivity index (χ1n) is 10.6. The highest BCUT2D eigenvalue weighted by Crippen LogP contribution is 2.26. The van der Waals surface area contributed by atoms with Crippen molar-refractivity contribution in [3.05, 3.63) is 77.4 Å². The molecule has 2 aromatic carbocycles. The molecule has 0 aromatic heterocycles. The number of benzene rings is 2. The van der Waals surface area contributed by atoms with E-state index in [2.05, 4.69) is 11.8 Å². The van der Waals surface area contributed by atoms with E-state index in [1.807, 2.05) is 48.5 Å². The lowest BCUT2D eigenvalue weighted by molar-refractivity contribution is -0.137. The molecule has 160 valence electrons. The fourth-order valence-electron chi connectivity index (χ4n) is 3.79. The van der Waals surface area contributed by atoms with Gasteiger partial charge in [-0.25, -0.2) is 0 Å². The summed E-state index contributed by atoms with van der Waals surface area (Å²) in [6.45, 7) is 0.493. The molecule has 0 radical (unpaired) electrons. The molecule has 0 aliphatic carbocycles. The van der Waals surface area contributed by atoms with Crippen LogP contribution < -0.4 is 4.90 Å². The molecular formula is C26H22N2O4. The molecule has 32 heavy (non-hydrogen) atoms. The van der Waals surface area contributed by atoms with Gasteiger partial charge in [0.15, 0.2) is 0 Å². The maximum atomic E-state index is 13.1. The third kappa shape index (κ3) is 4.68. The van der Waals surface area contributed by atoms with Crippen LogP contribution >= 0.6 is 0 Å². The van der Waals surface area contributed by atoms with Crippen LogP contribution in [-0.4, -0.2) is 34.9 Å². The lowest BCUT2D eigenvalue weighted by atomic mass is 10.0. The lowest BCUT2D eigenvalue weighted by Crippen LogP contribution is -2.32. The number of ketones is 1. The number of carbonyl (C=O) groups excluding carboxylic acids is 4. The number of para-hydroxylation sites is 1. The van der Waals surface area contributed by atoms with Gasteiger partial charge in [0.1, 0.15) is 5.78 Å². The van der Waals surface area contributed by atoms with Gasteiger partial charge in [0.05, 0.1) is 12.2 Å². The van der Waals surface area contributed by atoms with Crippen molar-refractivity contribution >= 4 is 29.2 Å². The Bertz CT molecular complexity index is 1170. The Hall–Kier alpha value is -3.98. The van der Waals surface area contributed by atoms with Crippen molar-refractivity contribution in [3.63, 3.8) is 0 Å². The van der Waals surface area contributed by atoms with Crippen LogP contribution in [0.15, 0.2) is 60.7 Å². The topological polar surface area (TPSA) is 74.8 Å². The minimum atomic E-state index is -0.392. The van der Waals surface area contributed by atoms with Gasteiger partial charge in [-0.05, 0) is 30.2 Å². The predicted molar refractivity (Wildman–Crippen MR) is 119 cm³/mol. The average molecular weight is 426 g/mol. The van der Waals surface area contributed by atoms with E-state index in [-0.39, 0.29) is 37.5 Å². The fraction of sp³-hybridized carbons (Fsp3) is 0.231. The number of carbonyl (C=O) groups is 4. The average Bonchev–Trinajstić information content (AvgIpc) is 3.11. The van der Waals surface area contributed by atoms with Crippen LogP contribution in [0.5, 0.6) is 0 Å². The van der Waals surface area contributed by atoms with Gasteiger partial charge < -0.3 is 4.90 Å². The summed E-state index contributed by atoms with van der Waals surface area (Å²) >= 11 is 0. The highest BCUT2D eigenvalue weighted by atomic mass is 16.2. The number of hydrogen-bond donors (Lipinski definition) is 0. The molecule has 0 bridgehead atoms. The van der Waals surface area contributed by atoms with Crippen molar-refractivity contribution in [1.29, 1.82) is 0 Å². The quantitative estimate of drug-likeness (QED) is 0.504. The summed E-state index contributed by atoms with van der Waals surface area (Å²) in [7, 11) is 0. The van der Waals surface area contributed by atoms with Crippen LogP contribution in [0.3, 0.4) is 0 Å². The summed E-state index contributed by atoms with van der Waals surface area (Å²) in [4.78, 5) is 51.3. The predicted octanol–water partition coefficient (Wildman–Crippen LogP) is 2.99. The molecule has 6 heteroatoms. The van der Waals surface area contributed by atoms with Crippen molar-refractivity contribution in [2.45, 2.75) is 32.2 Å². The molecule has 0 saturated carbocycles. The van der Waals surface area contributed by atoms with Crippen LogP contribution in [0.1, 0.15) is 42.4 Å². The fourth-order valence-corrected chi connectivity index (χ4v) is 3.79. The summed E-state index contributed by atoms with van der Waals surface area (Å²) < 4.78 is 0. The summed E-state index contributed by atoms with van der Waals surface area (Å²) in [5.74, 6) is 5.43. The van der Waals surface area contributed by atoms with E-state index in [1.54, 1.807) is 4.90 Å². The molecule has 2 heterocycles. The van der Waals surface area contributed by atoms with Gasteiger partial charge in [-0.3, -0.25) is 24.1 Å². The minimum absolute atomic E-state index is 0.0714. The number of amides is 3. The standard InChI is InChI=1S/C26H22N2O4/c29-22(16-17-27-25(31)14-15-26(27)32)9-5-11-24(30)28-18-21-8-2-1-6-19(21)12-13-20-7-3-4-10-23(20)28/h1-4,6-8,10,14-15H,5,9,11,16-18H2. The number of anilines is 1. The molecule has 2 aliphatic rings. The summed E-state index contributed by atoms with van der Waals surface area (Å²) in [6, 6.07) is 15.3. The minimum Gasteiger partial charge on any atom is -0.307 e. The van der Waals surface area contributed by atoms with Gasteiger partial charge >= 0.3 is 0 Å². The number of imide groups is 1. The molecule has 0 spiro atoms. The van der Waals surface area contributed by atoms with Crippen LogP contribution in [-0.2, 0) is 25.7 Å². The second-order valence-corrected chi connectivity index (χ2v) is 7.71. The van der Waals surface area contributed by atoms with E-state index in [4.69, 9.17) is 0 Å². The third-order valence-electron chi connectivity index (χ3n) is 5.53. The van der Waals surface area contributed by atoms with E-state index in [9.17, 15) is 19.2 Å². The number of fused-ring (bicyclic) bond motifs is 2. The Kier molecular flexibility index (Phi) is 6.27. The molecule has 2 aromatic rings. The van der Waals surface area contributed by atoms with Gasteiger partial charge in [0, 0.05) is 49.1 Å². The van der Waals surface area contributed by atoms with Gasteiger partial charge in [-0.2, -0.15) is 0 Å². The summed E-state index contributed by atoms with van der Waals surface area (Å²) in [5, 5.41) is 0. The highest BCUT2D eigenvalue weighted by molar-refractivity contribution is 6.13. The SMILES string of the molecule is O=C(CCCC(=O)N1Cc2ccccc2C#Cc2ccccc21)CCN1C(=O)C=CC1=O. The van der Waals surface area contributed by atoms with Gasteiger partial charge in [-0.15, -0.1) is 0 Å². The monoisotopic (exact) mass is 426 g/mol. The van der Waals surface area contributed by atoms with Gasteiger partial charge in [-0.1, -0.05) is 42.2 Å². The zero-order valence-electron chi connectivity index (χ0n) is 17.5. The summed E-state index contributed by atoms with van der Waals surface area (Å²) in [5.41, 5.74) is 3.44. The Morgan fingerprint density at radius 1 is 0.812 bits per heavy atom. The third-order valence-corrected chi connectivity index (χ3v) is 5.53. The molecule has 6 nitrogen and oxygen atoms in total. The summed E-state index contributed by atoms with van der Waals surface area (Å²) in [6.07, 6.45) is 3.36. The Morgan fingerprint density at radius 2 is 1.47 bits per heavy atom. The molecule has 0 fully saturated rings. The number of rotatable bonds is 7. The number of hydrogen-bond acceptors (Lipinski definition) is 4. The van der Waals surface area contributed by atoms with E-state index in [0.717, 1.165) is 27.3 Å². The molecule has 0 unspecified atom stereocenters. The van der Waals surface area contributed by atoms with Crippen molar-refractivity contribution in [1.82, 2.24) is 4.90 Å². The molecular weight excluding hydrogens is 404 g/mol.